The largest absolute Gasteiger partial charge is 0.445 e. The lowest BCUT2D eigenvalue weighted by molar-refractivity contribution is 0.0548. The Hall–Kier alpha value is -3.68. The summed E-state index contributed by atoms with van der Waals surface area (Å²) in [4.78, 5) is 51.3. The molecular weight excluding hydrogens is 422 g/mol. The van der Waals surface area contributed by atoms with Crippen LogP contribution in [0.5, 0.6) is 0 Å². The highest BCUT2D eigenvalue weighted by Gasteiger charge is 2.40. The summed E-state index contributed by atoms with van der Waals surface area (Å²) in [6, 6.07) is 13.8. The normalized spacial score (nSPS) is 15.8. The third kappa shape index (κ3) is 5.22. The van der Waals surface area contributed by atoms with Crippen LogP contribution in [-0.2, 0) is 11.3 Å². The van der Waals surface area contributed by atoms with Crippen molar-refractivity contribution in [2.24, 2.45) is 0 Å². The molecular formula is C25H27N3O5. The first-order valence-corrected chi connectivity index (χ1v) is 11.3. The number of imide groups is 1. The molecule has 2 aromatic rings. The smallest absolute Gasteiger partial charge is 0.407 e. The zero-order valence-corrected chi connectivity index (χ0v) is 18.3. The molecule has 1 saturated carbocycles. The van der Waals surface area contributed by atoms with E-state index in [0.29, 0.717) is 11.1 Å². The fraction of sp³-hybridized carbons (Fsp3) is 0.360. The van der Waals surface area contributed by atoms with E-state index in [-0.39, 0.29) is 49.0 Å². The van der Waals surface area contributed by atoms with Crippen LogP contribution in [0.1, 0.15) is 68.7 Å². The van der Waals surface area contributed by atoms with Gasteiger partial charge in [-0.1, -0.05) is 49.6 Å². The van der Waals surface area contributed by atoms with Gasteiger partial charge in [0.1, 0.15) is 6.61 Å². The predicted molar refractivity (Wildman–Crippen MR) is 121 cm³/mol. The van der Waals surface area contributed by atoms with Crippen LogP contribution in [-0.4, -0.2) is 47.8 Å². The van der Waals surface area contributed by atoms with Crippen molar-refractivity contribution in [2.75, 3.05) is 13.1 Å². The van der Waals surface area contributed by atoms with Crippen molar-refractivity contribution in [3.05, 3.63) is 70.8 Å². The monoisotopic (exact) mass is 449 g/mol. The van der Waals surface area contributed by atoms with E-state index in [2.05, 4.69) is 10.6 Å². The van der Waals surface area contributed by atoms with Gasteiger partial charge in [-0.25, -0.2) is 4.79 Å². The SMILES string of the molecule is O=C(NCCNC(=O)c1ccc2c(c1)C(=O)N(C1CCCCC1)C2=O)OCc1ccccc1. The van der Waals surface area contributed by atoms with Crippen molar-refractivity contribution in [1.82, 2.24) is 15.5 Å². The third-order valence-electron chi connectivity index (χ3n) is 6.01. The number of alkyl carbamates (subject to hydrolysis) is 1. The molecule has 0 spiro atoms. The van der Waals surface area contributed by atoms with E-state index in [1.54, 1.807) is 12.1 Å². The molecule has 0 saturated heterocycles. The van der Waals surface area contributed by atoms with E-state index >= 15 is 0 Å². The first kappa shape index (κ1) is 22.5. The zero-order valence-electron chi connectivity index (χ0n) is 18.3. The van der Waals surface area contributed by atoms with E-state index in [1.165, 1.54) is 11.0 Å². The maximum Gasteiger partial charge on any atom is 0.407 e. The Morgan fingerprint density at radius 1 is 0.879 bits per heavy atom. The molecule has 1 heterocycles. The van der Waals surface area contributed by atoms with Gasteiger partial charge in [0.25, 0.3) is 17.7 Å². The van der Waals surface area contributed by atoms with Crippen LogP contribution in [0.3, 0.4) is 0 Å². The van der Waals surface area contributed by atoms with Gasteiger partial charge in [0.15, 0.2) is 0 Å². The molecule has 0 bridgehead atoms. The number of amides is 4. The summed E-state index contributed by atoms with van der Waals surface area (Å²) in [6.45, 7) is 0.549. The summed E-state index contributed by atoms with van der Waals surface area (Å²) in [7, 11) is 0. The first-order valence-electron chi connectivity index (χ1n) is 11.3. The number of benzene rings is 2. The number of hydrogen-bond acceptors (Lipinski definition) is 5. The molecule has 2 N–H and O–H groups in total. The number of ether oxygens (including phenoxy) is 1. The van der Waals surface area contributed by atoms with Crippen LogP contribution >= 0.6 is 0 Å². The van der Waals surface area contributed by atoms with Crippen molar-refractivity contribution < 1.29 is 23.9 Å². The number of rotatable bonds is 7. The molecule has 1 aliphatic carbocycles. The molecule has 0 atom stereocenters. The Labute approximate surface area is 192 Å². The number of nitrogens with one attached hydrogen (secondary N) is 2. The van der Waals surface area contributed by atoms with Gasteiger partial charge in [-0.3, -0.25) is 19.3 Å². The lowest BCUT2D eigenvalue weighted by atomic mass is 9.94. The molecule has 4 amide bonds. The molecule has 0 radical (unpaired) electrons. The summed E-state index contributed by atoms with van der Waals surface area (Å²) in [5.41, 5.74) is 1.81. The highest BCUT2D eigenvalue weighted by Crippen LogP contribution is 2.31. The number of carbonyl (C=O) groups is 4. The van der Waals surface area contributed by atoms with Gasteiger partial charge in [-0.2, -0.15) is 0 Å². The summed E-state index contributed by atoms with van der Waals surface area (Å²) < 4.78 is 5.12. The van der Waals surface area contributed by atoms with E-state index in [4.69, 9.17) is 4.74 Å². The average molecular weight is 450 g/mol. The molecule has 2 aromatic carbocycles. The minimum Gasteiger partial charge on any atom is -0.445 e. The molecule has 8 heteroatoms. The van der Waals surface area contributed by atoms with Crippen molar-refractivity contribution in [3.8, 4) is 0 Å². The summed E-state index contributed by atoms with van der Waals surface area (Å²) >= 11 is 0. The molecule has 8 nitrogen and oxygen atoms in total. The molecule has 2 aliphatic rings. The molecule has 172 valence electrons. The molecule has 0 unspecified atom stereocenters. The minimum atomic E-state index is -0.572. The van der Waals surface area contributed by atoms with Crippen LogP contribution < -0.4 is 10.6 Å². The number of carbonyl (C=O) groups excluding carboxylic acids is 4. The van der Waals surface area contributed by atoms with E-state index in [9.17, 15) is 19.2 Å². The topological polar surface area (TPSA) is 105 Å². The number of fused-ring (bicyclic) bond motifs is 1. The average Bonchev–Trinajstić information content (AvgIpc) is 3.10. The maximum absolute atomic E-state index is 12.9. The quantitative estimate of drug-likeness (QED) is 0.499. The van der Waals surface area contributed by atoms with Gasteiger partial charge >= 0.3 is 6.09 Å². The second-order valence-electron chi connectivity index (χ2n) is 8.28. The lowest BCUT2D eigenvalue weighted by Gasteiger charge is -2.29. The summed E-state index contributed by atoms with van der Waals surface area (Å²) in [5.74, 6) is -0.972. The Morgan fingerprint density at radius 3 is 2.33 bits per heavy atom. The molecule has 1 aliphatic heterocycles. The Kier molecular flexibility index (Phi) is 7.02. The van der Waals surface area contributed by atoms with Crippen molar-refractivity contribution in [3.63, 3.8) is 0 Å². The Balaban J connectivity index is 1.26. The third-order valence-corrected chi connectivity index (χ3v) is 6.01. The zero-order chi connectivity index (χ0) is 23.2. The van der Waals surface area contributed by atoms with E-state index < -0.39 is 6.09 Å². The standard InChI is InChI=1S/C25H27N3O5/c29-22(26-13-14-27-25(32)33-16-17-7-3-1-4-8-17)18-11-12-20-21(15-18)24(31)28(23(20)30)19-9-5-2-6-10-19/h1,3-4,7-8,11-12,15,19H,2,5-6,9-10,13-14,16H2,(H,26,29)(H,27,32). The second kappa shape index (κ2) is 10.3. The van der Waals surface area contributed by atoms with Crippen LogP contribution in [0, 0.1) is 0 Å². The fourth-order valence-electron chi connectivity index (χ4n) is 4.29. The van der Waals surface area contributed by atoms with Crippen LogP contribution in [0.4, 0.5) is 4.79 Å². The molecule has 4 rings (SSSR count). The van der Waals surface area contributed by atoms with Crippen LogP contribution in [0.25, 0.3) is 0 Å². The van der Waals surface area contributed by atoms with Gasteiger partial charge in [-0.15, -0.1) is 0 Å². The Bertz CT molecular complexity index is 1050. The highest BCUT2D eigenvalue weighted by atomic mass is 16.5. The van der Waals surface area contributed by atoms with Gasteiger partial charge in [0.05, 0.1) is 11.1 Å². The van der Waals surface area contributed by atoms with E-state index in [0.717, 1.165) is 37.7 Å². The summed E-state index contributed by atoms with van der Waals surface area (Å²) in [5, 5.41) is 5.28. The van der Waals surface area contributed by atoms with Gasteiger partial charge in [-0.05, 0) is 36.6 Å². The molecule has 0 aromatic heterocycles. The minimum absolute atomic E-state index is 0.0591. The second-order valence-corrected chi connectivity index (χ2v) is 8.28. The molecule has 33 heavy (non-hydrogen) atoms. The summed E-state index contributed by atoms with van der Waals surface area (Å²) in [6.07, 6.45) is 4.25. The molecule has 1 fully saturated rings. The van der Waals surface area contributed by atoms with Crippen molar-refractivity contribution in [1.29, 1.82) is 0 Å². The first-order chi connectivity index (χ1) is 16.0. The van der Waals surface area contributed by atoms with Crippen LogP contribution in [0.2, 0.25) is 0 Å². The fourth-order valence-corrected chi connectivity index (χ4v) is 4.29. The Morgan fingerprint density at radius 2 is 1.58 bits per heavy atom. The van der Waals surface area contributed by atoms with E-state index in [1.807, 2.05) is 30.3 Å². The van der Waals surface area contributed by atoms with Crippen molar-refractivity contribution >= 4 is 23.8 Å². The van der Waals surface area contributed by atoms with Gasteiger partial charge in [0.2, 0.25) is 0 Å². The highest BCUT2D eigenvalue weighted by molar-refractivity contribution is 6.22. The van der Waals surface area contributed by atoms with Crippen molar-refractivity contribution in [2.45, 2.75) is 44.8 Å². The van der Waals surface area contributed by atoms with Crippen LogP contribution in [0.15, 0.2) is 48.5 Å². The maximum atomic E-state index is 12.9. The number of hydrogen-bond donors (Lipinski definition) is 2. The number of nitrogens with zero attached hydrogens (tertiary/aromatic N) is 1. The van der Waals surface area contributed by atoms with Gasteiger partial charge < -0.3 is 15.4 Å². The predicted octanol–water partition coefficient (Wildman–Crippen LogP) is 3.27. The van der Waals surface area contributed by atoms with Gasteiger partial charge in [0, 0.05) is 24.7 Å². The lowest BCUT2D eigenvalue weighted by Crippen LogP contribution is -2.40.